The predicted octanol–water partition coefficient (Wildman–Crippen LogP) is 4.36. The van der Waals surface area contributed by atoms with E-state index >= 15 is 0 Å². The predicted molar refractivity (Wildman–Crippen MR) is 108 cm³/mol. The quantitative estimate of drug-likeness (QED) is 0.791. The van der Waals surface area contributed by atoms with Crippen molar-refractivity contribution in [3.8, 4) is 0 Å². The standard InChI is InChI=1S/C23H28N2O2/c1-18(2)25(17-19-10-5-3-6-11-19)23(27)21-13-9-12-20(16-21)22(26)24-14-7-4-8-15-24/h3,5-6,9-13,16,18H,4,7-8,14-15,17H2,1-2H3. The molecule has 0 aromatic heterocycles. The van der Waals surface area contributed by atoms with E-state index in [1.54, 1.807) is 12.1 Å². The molecule has 0 N–H and O–H groups in total. The summed E-state index contributed by atoms with van der Waals surface area (Å²) in [4.78, 5) is 29.7. The van der Waals surface area contributed by atoms with Crippen molar-refractivity contribution in [3.05, 3.63) is 71.3 Å². The Morgan fingerprint density at radius 2 is 1.59 bits per heavy atom. The number of rotatable bonds is 5. The molecule has 1 aliphatic heterocycles. The minimum atomic E-state index is -0.0397. The molecule has 2 aromatic rings. The SMILES string of the molecule is CC(C)N(Cc1ccccc1)C(=O)c1cccc(C(=O)N2CCCCC2)c1. The molecule has 4 heteroatoms. The van der Waals surface area contributed by atoms with Crippen LogP contribution in [-0.4, -0.2) is 40.7 Å². The van der Waals surface area contributed by atoms with Gasteiger partial charge in [0.05, 0.1) is 0 Å². The molecule has 0 saturated carbocycles. The van der Waals surface area contributed by atoms with E-state index in [2.05, 4.69) is 0 Å². The zero-order chi connectivity index (χ0) is 19.2. The van der Waals surface area contributed by atoms with E-state index in [0.29, 0.717) is 17.7 Å². The number of carbonyl (C=O) groups is 2. The summed E-state index contributed by atoms with van der Waals surface area (Å²) in [5.74, 6) is -0.00865. The highest BCUT2D eigenvalue weighted by Crippen LogP contribution is 2.17. The van der Waals surface area contributed by atoms with Gasteiger partial charge >= 0.3 is 0 Å². The lowest BCUT2D eigenvalue weighted by Crippen LogP contribution is -2.37. The molecule has 0 spiro atoms. The Kier molecular flexibility index (Phi) is 6.28. The Hall–Kier alpha value is -2.62. The van der Waals surface area contributed by atoms with Crippen LogP contribution in [0.1, 0.15) is 59.4 Å². The van der Waals surface area contributed by atoms with E-state index in [1.807, 2.05) is 66.1 Å². The number of piperidine rings is 1. The van der Waals surface area contributed by atoms with Crippen molar-refractivity contribution in [3.63, 3.8) is 0 Å². The average Bonchev–Trinajstić information content (AvgIpc) is 2.72. The van der Waals surface area contributed by atoms with E-state index < -0.39 is 0 Å². The van der Waals surface area contributed by atoms with Crippen LogP contribution >= 0.6 is 0 Å². The molecule has 0 radical (unpaired) electrons. The second-order valence-corrected chi connectivity index (χ2v) is 7.45. The third-order valence-corrected chi connectivity index (χ3v) is 5.08. The van der Waals surface area contributed by atoms with Crippen LogP contribution in [0.15, 0.2) is 54.6 Å². The van der Waals surface area contributed by atoms with Crippen LogP contribution in [0, 0.1) is 0 Å². The monoisotopic (exact) mass is 364 g/mol. The number of nitrogens with zero attached hydrogens (tertiary/aromatic N) is 2. The van der Waals surface area contributed by atoms with Crippen LogP contribution in [0.25, 0.3) is 0 Å². The highest BCUT2D eigenvalue weighted by Gasteiger charge is 2.22. The highest BCUT2D eigenvalue weighted by molar-refractivity contribution is 5.99. The van der Waals surface area contributed by atoms with E-state index in [1.165, 1.54) is 6.42 Å². The number of hydrogen-bond donors (Lipinski definition) is 0. The van der Waals surface area contributed by atoms with Gasteiger partial charge in [0, 0.05) is 36.8 Å². The summed E-state index contributed by atoms with van der Waals surface area (Å²) in [6.07, 6.45) is 3.30. The molecular weight excluding hydrogens is 336 g/mol. The Bertz CT molecular complexity index is 780. The van der Waals surface area contributed by atoms with E-state index in [-0.39, 0.29) is 17.9 Å². The van der Waals surface area contributed by atoms with Gasteiger partial charge in [-0.1, -0.05) is 36.4 Å². The normalized spacial score (nSPS) is 14.3. The third kappa shape index (κ3) is 4.76. The fraction of sp³-hybridized carbons (Fsp3) is 0.391. The maximum Gasteiger partial charge on any atom is 0.254 e. The molecule has 4 nitrogen and oxygen atoms in total. The fourth-order valence-corrected chi connectivity index (χ4v) is 3.50. The maximum atomic E-state index is 13.1. The molecule has 3 rings (SSSR count). The summed E-state index contributed by atoms with van der Waals surface area (Å²) >= 11 is 0. The second-order valence-electron chi connectivity index (χ2n) is 7.45. The van der Waals surface area contributed by atoms with E-state index in [9.17, 15) is 9.59 Å². The Morgan fingerprint density at radius 3 is 2.26 bits per heavy atom. The van der Waals surface area contributed by atoms with Gasteiger partial charge in [0.2, 0.25) is 0 Å². The molecule has 1 heterocycles. The summed E-state index contributed by atoms with van der Waals surface area (Å²) in [5, 5.41) is 0. The van der Waals surface area contributed by atoms with Gasteiger partial charge in [0.15, 0.2) is 0 Å². The van der Waals surface area contributed by atoms with Crippen molar-refractivity contribution in [2.45, 2.75) is 45.7 Å². The summed E-state index contributed by atoms with van der Waals surface area (Å²) in [7, 11) is 0. The summed E-state index contributed by atoms with van der Waals surface area (Å²) in [6, 6.07) is 17.2. The molecule has 142 valence electrons. The van der Waals surface area contributed by atoms with Crippen molar-refractivity contribution < 1.29 is 9.59 Å². The first-order valence-electron chi connectivity index (χ1n) is 9.80. The minimum Gasteiger partial charge on any atom is -0.339 e. The molecule has 0 atom stereocenters. The summed E-state index contributed by atoms with van der Waals surface area (Å²) in [5.41, 5.74) is 2.27. The molecule has 0 unspecified atom stereocenters. The van der Waals surface area contributed by atoms with Crippen LogP contribution in [0.2, 0.25) is 0 Å². The van der Waals surface area contributed by atoms with Gasteiger partial charge in [-0.25, -0.2) is 0 Å². The van der Waals surface area contributed by atoms with Gasteiger partial charge in [0.1, 0.15) is 0 Å². The number of likely N-dealkylation sites (tertiary alicyclic amines) is 1. The molecule has 1 fully saturated rings. The van der Waals surface area contributed by atoms with E-state index in [4.69, 9.17) is 0 Å². The van der Waals surface area contributed by atoms with Crippen molar-refractivity contribution in [2.24, 2.45) is 0 Å². The minimum absolute atomic E-state index is 0.0310. The fourth-order valence-electron chi connectivity index (χ4n) is 3.50. The first-order valence-corrected chi connectivity index (χ1v) is 9.80. The smallest absolute Gasteiger partial charge is 0.254 e. The highest BCUT2D eigenvalue weighted by atomic mass is 16.2. The van der Waals surface area contributed by atoms with E-state index in [0.717, 1.165) is 31.5 Å². The van der Waals surface area contributed by atoms with Crippen molar-refractivity contribution >= 4 is 11.8 Å². The number of carbonyl (C=O) groups excluding carboxylic acids is 2. The van der Waals surface area contributed by atoms with Crippen LogP contribution in [0.3, 0.4) is 0 Å². The molecule has 2 amide bonds. The van der Waals surface area contributed by atoms with Gasteiger partial charge in [0.25, 0.3) is 11.8 Å². The first kappa shape index (κ1) is 19.2. The lowest BCUT2D eigenvalue weighted by atomic mass is 10.1. The third-order valence-electron chi connectivity index (χ3n) is 5.08. The van der Waals surface area contributed by atoms with Crippen LogP contribution in [0.4, 0.5) is 0 Å². The largest absolute Gasteiger partial charge is 0.339 e. The molecule has 27 heavy (non-hydrogen) atoms. The van der Waals surface area contributed by atoms with Gasteiger partial charge in [-0.2, -0.15) is 0 Å². The molecule has 0 aliphatic carbocycles. The van der Waals surface area contributed by atoms with Gasteiger partial charge < -0.3 is 9.80 Å². The van der Waals surface area contributed by atoms with Gasteiger partial charge in [-0.05, 0) is 56.9 Å². The Labute approximate surface area is 161 Å². The van der Waals surface area contributed by atoms with Gasteiger partial charge in [-0.3, -0.25) is 9.59 Å². The summed E-state index contributed by atoms with van der Waals surface area (Å²) in [6.45, 7) is 6.21. The lowest BCUT2D eigenvalue weighted by molar-refractivity contribution is 0.0690. The molecular formula is C23H28N2O2. The summed E-state index contributed by atoms with van der Waals surface area (Å²) < 4.78 is 0. The topological polar surface area (TPSA) is 40.6 Å². The Balaban J connectivity index is 1.79. The first-order chi connectivity index (χ1) is 13.1. The lowest BCUT2D eigenvalue weighted by Gasteiger charge is -2.28. The van der Waals surface area contributed by atoms with Crippen LogP contribution < -0.4 is 0 Å². The number of hydrogen-bond acceptors (Lipinski definition) is 2. The average molecular weight is 364 g/mol. The van der Waals surface area contributed by atoms with Crippen molar-refractivity contribution in [1.82, 2.24) is 9.80 Å². The molecule has 1 aliphatic rings. The molecule has 1 saturated heterocycles. The van der Waals surface area contributed by atoms with Gasteiger partial charge in [-0.15, -0.1) is 0 Å². The Morgan fingerprint density at radius 1 is 0.926 bits per heavy atom. The number of benzene rings is 2. The zero-order valence-corrected chi connectivity index (χ0v) is 16.2. The van der Waals surface area contributed by atoms with Crippen LogP contribution in [0.5, 0.6) is 0 Å². The maximum absolute atomic E-state index is 13.1. The van der Waals surface area contributed by atoms with Crippen molar-refractivity contribution in [2.75, 3.05) is 13.1 Å². The second kappa shape index (κ2) is 8.85. The number of amides is 2. The van der Waals surface area contributed by atoms with Crippen LogP contribution in [-0.2, 0) is 6.54 Å². The van der Waals surface area contributed by atoms with Crippen molar-refractivity contribution in [1.29, 1.82) is 0 Å². The molecule has 2 aromatic carbocycles. The molecule has 0 bridgehead atoms. The zero-order valence-electron chi connectivity index (χ0n) is 16.2.